The van der Waals surface area contributed by atoms with Crippen molar-refractivity contribution in [3.63, 3.8) is 0 Å². The van der Waals surface area contributed by atoms with Gasteiger partial charge in [-0.15, -0.1) is 0 Å². The number of rotatable bonds is 2. The molecule has 142 valence electrons. The van der Waals surface area contributed by atoms with Crippen LogP contribution in [0.3, 0.4) is 0 Å². The molecule has 0 saturated heterocycles. The van der Waals surface area contributed by atoms with Crippen molar-refractivity contribution in [3.8, 4) is 11.5 Å². The molecule has 1 amide bonds. The number of ketones is 1. The van der Waals surface area contributed by atoms with Crippen molar-refractivity contribution in [1.82, 2.24) is 0 Å². The number of hydrogen-bond acceptors (Lipinski definition) is 4. The average Bonchev–Trinajstić information content (AvgIpc) is 3.15. The van der Waals surface area contributed by atoms with Gasteiger partial charge >= 0.3 is 0 Å². The quantitative estimate of drug-likeness (QED) is 0.679. The SMILES string of the molecule is O=C1CCCC2=C1C(c1ccc3c(c1)OCO3)CC(=O)N2c1cccc(Br)c1. The predicted molar refractivity (Wildman–Crippen MR) is 107 cm³/mol. The number of allylic oxidation sites excluding steroid dienone is 2. The van der Waals surface area contributed by atoms with Gasteiger partial charge in [0, 0.05) is 40.2 Å². The maximum Gasteiger partial charge on any atom is 0.232 e. The first-order valence-electron chi connectivity index (χ1n) is 9.36. The van der Waals surface area contributed by atoms with Crippen LogP contribution in [0.25, 0.3) is 0 Å². The third-order valence-corrected chi connectivity index (χ3v) is 6.03. The number of fused-ring (bicyclic) bond motifs is 1. The van der Waals surface area contributed by atoms with Gasteiger partial charge in [-0.05, 0) is 48.7 Å². The number of benzene rings is 2. The van der Waals surface area contributed by atoms with E-state index in [9.17, 15) is 9.59 Å². The summed E-state index contributed by atoms with van der Waals surface area (Å²) in [7, 11) is 0. The van der Waals surface area contributed by atoms with E-state index in [2.05, 4.69) is 15.9 Å². The molecule has 5 nitrogen and oxygen atoms in total. The van der Waals surface area contributed by atoms with E-state index >= 15 is 0 Å². The van der Waals surface area contributed by atoms with Crippen LogP contribution < -0.4 is 14.4 Å². The lowest BCUT2D eigenvalue weighted by Crippen LogP contribution is -2.40. The lowest BCUT2D eigenvalue weighted by atomic mass is 9.77. The van der Waals surface area contributed by atoms with Gasteiger partial charge in [-0.1, -0.05) is 28.1 Å². The van der Waals surface area contributed by atoms with Gasteiger partial charge in [0.05, 0.1) is 0 Å². The highest BCUT2D eigenvalue weighted by Crippen LogP contribution is 2.45. The monoisotopic (exact) mass is 439 g/mol. The van der Waals surface area contributed by atoms with Crippen LogP contribution in [0.2, 0.25) is 0 Å². The number of hydrogen-bond donors (Lipinski definition) is 0. The molecular formula is C22H18BrNO4. The highest BCUT2D eigenvalue weighted by molar-refractivity contribution is 9.10. The number of halogens is 1. The molecule has 5 rings (SSSR count). The molecule has 0 aromatic heterocycles. The molecule has 2 heterocycles. The molecule has 1 atom stereocenters. The second-order valence-corrected chi connectivity index (χ2v) is 8.13. The number of amides is 1. The van der Waals surface area contributed by atoms with E-state index in [0.29, 0.717) is 17.9 Å². The fourth-order valence-electron chi connectivity index (χ4n) is 4.32. The van der Waals surface area contributed by atoms with Gasteiger partial charge in [-0.3, -0.25) is 14.5 Å². The Hall–Kier alpha value is -2.60. The maximum atomic E-state index is 13.2. The van der Waals surface area contributed by atoms with Crippen LogP contribution in [0.5, 0.6) is 11.5 Å². The van der Waals surface area contributed by atoms with E-state index in [1.807, 2.05) is 42.5 Å². The van der Waals surface area contributed by atoms with Crippen molar-refractivity contribution in [2.24, 2.45) is 0 Å². The molecule has 0 fully saturated rings. The van der Waals surface area contributed by atoms with Crippen molar-refractivity contribution in [2.75, 3.05) is 11.7 Å². The summed E-state index contributed by atoms with van der Waals surface area (Å²) in [6.45, 7) is 0.200. The Morgan fingerprint density at radius 3 is 2.71 bits per heavy atom. The van der Waals surface area contributed by atoms with Crippen molar-refractivity contribution >= 4 is 33.3 Å². The van der Waals surface area contributed by atoms with Crippen molar-refractivity contribution in [1.29, 1.82) is 0 Å². The van der Waals surface area contributed by atoms with Gasteiger partial charge in [-0.25, -0.2) is 0 Å². The van der Waals surface area contributed by atoms with E-state index in [1.54, 1.807) is 4.90 Å². The molecule has 0 spiro atoms. The summed E-state index contributed by atoms with van der Waals surface area (Å²) < 4.78 is 11.8. The summed E-state index contributed by atoms with van der Waals surface area (Å²) >= 11 is 3.48. The lowest BCUT2D eigenvalue weighted by Gasteiger charge is -2.38. The summed E-state index contributed by atoms with van der Waals surface area (Å²) in [5.74, 6) is 1.27. The van der Waals surface area contributed by atoms with Crippen molar-refractivity contribution < 1.29 is 19.1 Å². The highest BCUT2D eigenvalue weighted by Gasteiger charge is 2.40. The van der Waals surface area contributed by atoms with Gasteiger partial charge in [-0.2, -0.15) is 0 Å². The normalized spacial score (nSPS) is 21.2. The number of ether oxygens (including phenoxy) is 2. The van der Waals surface area contributed by atoms with Gasteiger partial charge in [0.2, 0.25) is 12.7 Å². The summed E-state index contributed by atoms with van der Waals surface area (Å²) in [4.78, 5) is 27.9. The van der Waals surface area contributed by atoms with Crippen LogP contribution in [0.1, 0.15) is 37.2 Å². The second kappa shape index (κ2) is 6.78. The zero-order valence-electron chi connectivity index (χ0n) is 15.1. The zero-order valence-corrected chi connectivity index (χ0v) is 16.7. The Labute approximate surface area is 171 Å². The zero-order chi connectivity index (χ0) is 19.3. The molecule has 6 heteroatoms. The summed E-state index contributed by atoms with van der Waals surface area (Å²) in [5, 5.41) is 0. The summed E-state index contributed by atoms with van der Waals surface area (Å²) in [6, 6.07) is 13.4. The van der Waals surface area contributed by atoms with Crippen LogP contribution in [0, 0.1) is 0 Å². The van der Waals surface area contributed by atoms with Crippen molar-refractivity contribution in [2.45, 2.75) is 31.6 Å². The smallest absolute Gasteiger partial charge is 0.232 e. The number of nitrogens with zero attached hydrogens (tertiary/aromatic N) is 1. The van der Waals surface area contributed by atoms with E-state index in [4.69, 9.17) is 9.47 Å². The number of carbonyl (C=O) groups excluding carboxylic acids is 2. The van der Waals surface area contributed by atoms with Crippen LogP contribution in [0.4, 0.5) is 5.69 Å². The van der Waals surface area contributed by atoms with Crippen LogP contribution in [-0.4, -0.2) is 18.5 Å². The minimum atomic E-state index is -0.242. The summed E-state index contributed by atoms with van der Waals surface area (Å²) in [6.07, 6.45) is 2.28. The molecule has 1 aliphatic carbocycles. The Morgan fingerprint density at radius 1 is 1.00 bits per heavy atom. The molecule has 0 bridgehead atoms. The standard InChI is InChI=1S/C22H18BrNO4/c23-14-3-1-4-15(10-14)24-17-5-2-6-18(25)22(17)16(11-21(24)26)13-7-8-19-20(9-13)28-12-27-19/h1,3-4,7-10,16H,2,5-6,11-12H2. The Bertz CT molecular complexity index is 1030. The van der Waals surface area contributed by atoms with Crippen molar-refractivity contribution in [3.05, 3.63) is 63.8 Å². The van der Waals surface area contributed by atoms with Gasteiger partial charge in [0.1, 0.15) is 0 Å². The van der Waals surface area contributed by atoms with E-state index in [0.717, 1.165) is 39.8 Å². The molecular weight excluding hydrogens is 422 g/mol. The summed E-state index contributed by atoms with van der Waals surface area (Å²) in [5.41, 5.74) is 3.33. The number of Topliss-reactive ketones (excluding diaryl/α,β-unsaturated/α-hetero) is 1. The fraction of sp³-hybridized carbons (Fsp3) is 0.273. The maximum absolute atomic E-state index is 13.2. The van der Waals surface area contributed by atoms with Gasteiger partial charge < -0.3 is 9.47 Å². The molecule has 1 unspecified atom stereocenters. The Kier molecular flexibility index (Phi) is 4.23. The van der Waals surface area contributed by atoms with Crippen LogP contribution in [0.15, 0.2) is 58.2 Å². The first kappa shape index (κ1) is 17.5. The first-order valence-corrected chi connectivity index (χ1v) is 10.2. The molecule has 3 aliphatic rings. The van der Waals surface area contributed by atoms with Crippen LogP contribution in [-0.2, 0) is 9.59 Å². The average molecular weight is 440 g/mol. The molecule has 2 aromatic rings. The first-order chi connectivity index (χ1) is 13.6. The Balaban J connectivity index is 1.63. The van der Waals surface area contributed by atoms with Gasteiger partial charge in [0.15, 0.2) is 17.3 Å². The van der Waals surface area contributed by atoms with Gasteiger partial charge in [0.25, 0.3) is 0 Å². The third-order valence-electron chi connectivity index (χ3n) is 5.54. The molecule has 0 saturated carbocycles. The molecule has 28 heavy (non-hydrogen) atoms. The molecule has 0 radical (unpaired) electrons. The van der Waals surface area contributed by atoms with Crippen LogP contribution >= 0.6 is 15.9 Å². The van der Waals surface area contributed by atoms with E-state index < -0.39 is 0 Å². The predicted octanol–water partition coefficient (Wildman–Crippen LogP) is 4.71. The fourth-order valence-corrected chi connectivity index (χ4v) is 4.71. The largest absolute Gasteiger partial charge is 0.454 e. The topological polar surface area (TPSA) is 55.8 Å². The lowest BCUT2D eigenvalue weighted by molar-refractivity contribution is -0.119. The minimum absolute atomic E-state index is 0.00853. The Morgan fingerprint density at radius 2 is 1.86 bits per heavy atom. The van der Waals surface area contributed by atoms with E-state index in [1.165, 1.54) is 0 Å². The number of anilines is 1. The minimum Gasteiger partial charge on any atom is -0.454 e. The molecule has 0 N–H and O–H groups in total. The number of carbonyl (C=O) groups is 2. The van der Waals surface area contributed by atoms with E-state index in [-0.39, 0.29) is 30.8 Å². The third kappa shape index (κ3) is 2.83. The second-order valence-electron chi connectivity index (χ2n) is 7.22. The molecule has 2 aromatic carbocycles. The molecule has 2 aliphatic heterocycles. The highest BCUT2D eigenvalue weighted by atomic mass is 79.9.